The van der Waals surface area contributed by atoms with Crippen LogP contribution in [0.1, 0.15) is 16.1 Å². The molecular weight excluding hydrogens is 303 g/mol. The fourth-order valence-electron chi connectivity index (χ4n) is 2.54. The third-order valence-electron chi connectivity index (χ3n) is 3.54. The Morgan fingerprint density at radius 1 is 1.22 bits per heavy atom. The molecule has 0 atom stereocenters. The van der Waals surface area contributed by atoms with E-state index >= 15 is 0 Å². The number of rotatable bonds is 4. The summed E-state index contributed by atoms with van der Waals surface area (Å²) in [5.74, 6) is -1.60. The third kappa shape index (κ3) is 2.76. The van der Waals surface area contributed by atoms with Gasteiger partial charge in [-0.2, -0.15) is 0 Å². The van der Waals surface area contributed by atoms with Crippen LogP contribution in [0.15, 0.2) is 48.5 Å². The largest absolute Gasteiger partial charge is 0.477 e. The number of nitro groups is 1. The number of nitrogens with zero attached hydrogens (tertiary/aromatic N) is 2. The lowest BCUT2D eigenvalue weighted by atomic mass is 10.2. The smallest absolute Gasteiger partial charge is 0.352 e. The van der Waals surface area contributed by atoms with Gasteiger partial charge in [-0.3, -0.25) is 10.1 Å². The lowest BCUT2D eigenvalue weighted by molar-refractivity contribution is -0.384. The van der Waals surface area contributed by atoms with Crippen LogP contribution in [0.25, 0.3) is 10.9 Å². The fourth-order valence-corrected chi connectivity index (χ4v) is 2.54. The van der Waals surface area contributed by atoms with Gasteiger partial charge in [-0.1, -0.05) is 12.1 Å². The number of aromatic carboxylic acids is 1. The predicted molar refractivity (Wildman–Crippen MR) is 81.1 cm³/mol. The summed E-state index contributed by atoms with van der Waals surface area (Å²) < 4.78 is 14.8. The molecule has 0 amide bonds. The van der Waals surface area contributed by atoms with Crippen LogP contribution in [-0.2, 0) is 6.54 Å². The quantitative estimate of drug-likeness (QED) is 0.590. The van der Waals surface area contributed by atoms with Gasteiger partial charge in [0.2, 0.25) is 0 Å². The number of carboxylic acids is 1. The molecule has 1 N–H and O–H groups in total. The first-order chi connectivity index (χ1) is 11.0. The second kappa shape index (κ2) is 5.53. The number of carbonyl (C=O) groups is 1. The van der Waals surface area contributed by atoms with E-state index in [2.05, 4.69) is 0 Å². The van der Waals surface area contributed by atoms with Gasteiger partial charge < -0.3 is 9.67 Å². The highest BCUT2D eigenvalue weighted by atomic mass is 19.1. The number of hydrogen-bond donors (Lipinski definition) is 1. The number of carboxylic acid groups (broad SMARTS) is 1. The van der Waals surface area contributed by atoms with E-state index in [0.29, 0.717) is 16.5 Å². The van der Waals surface area contributed by atoms with Crippen LogP contribution >= 0.6 is 0 Å². The summed E-state index contributed by atoms with van der Waals surface area (Å²) in [5, 5.41) is 20.6. The summed E-state index contributed by atoms with van der Waals surface area (Å²) in [6, 6.07) is 11.4. The van der Waals surface area contributed by atoms with Crippen molar-refractivity contribution in [3.8, 4) is 0 Å². The molecule has 0 saturated carbocycles. The zero-order chi connectivity index (χ0) is 16.6. The monoisotopic (exact) mass is 314 g/mol. The molecule has 1 heterocycles. The summed E-state index contributed by atoms with van der Waals surface area (Å²) in [5.41, 5.74) is 1.07. The predicted octanol–water partition coefficient (Wildman–Crippen LogP) is 3.44. The number of benzene rings is 2. The molecule has 3 aromatic rings. The molecule has 0 spiro atoms. The van der Waals surface area contributed by atoms with Crippen LogP contribution in [0.4, 0.5) is 10.1 Å². The van der Waals surface area contributed by atoms with Crippen molar-refractivity contribution in [1.82, 2.24) is 4.57 Å². The maximum Gasteiger partial charge on any atom is 0.352 e. The van der Waals surface area contributed by atoms with Crippen molar-refractivity contribution in [3.63, 3.8) is 0 Å². The molecule has 0 fully saturated rings. The van der Waals surface area contributed by atoms with Crippen molar-refractivity contribution in [2.75, 3.05) is 0 Å². The molecule has 0 saturated heterocycles. The van der Waals surface area contributed by atoms with Crippen LogP contribution in [0.3, 0.4) is 0 Å². The minimum Gasteiger partial charge on any atom is -0.477 e. The van der Waals surface area contributed by atoms with Gasteiger partial charge in [-0.15, -0.1) is 0 Å². The highest BCUT2D eigenvalue weighted by Crippen LogP contribution is 2.23. The van der Waals surface area contributed by atoms with E-state index in [-0.39, 0.29) is 17.9 Å². The first-order valence-electron chi connectivity index (χ1n) is 6.71. The van der Waals surface area contributed by atoms with Gasteiger partial charge in [-0.25, -0.2) is 9.18 Å². The fraction of sp³-hybridized carbons (Fsp3) is 0.0625. The molecule has 23 heavy (non-hydrogen) atoms. The van der Waals surface area contributed by atoms with E-state index in [0.717, 1.165) is 0 Å². The van der Waals surface area contributed by atoms with Gasteiger partial charge in [0.25, 0.3) is 5.69 Å². The minimum atomic E-state index is -1.15. The molecule has 116 valence electrons. The Bertz CT molecular complexity index is 933. The Labute approximate surface area is 129 Å². The number of aromatic nitrogens is 1. The van der Waals surface area contributed by atoms with Gasteiger partial charge in [0.05, 0.1) is 4.92 Å². The number of non-ortho nitro benzene ring substituents is 1. The van der Waals surface area contributed by atoms with Gasteiger partial charge in [0.1, 0.15) is 11.5 Å². The standard InChI is InChI=1S/C16H11FN2O4/c17-12-4-5-14-11(7-12)8-15(16(20)21)18(14)9-10-2-1-3-13(6-10)19(22)23/h1-8H,9H2,(H,20,21). The normalized spacial score (nSPS) is 10.8. The van der Waals surface area contributed by atoms with Crippen molar-refractivity contribution in [2.45, 2.75) is 6.54 Å². The topological polar surface area (TPSA) is 85.4 Å². The Kier molecular flexibility index (Phi) is 3.53. The summed E-state index contributed by atoms with van der Waals surface area (Å²) in [6.45, 7) is 0.137. The van der Waals surface area contributed by atoms with E-state index in [4.69, 9.17) is 0 Å². The Morgan fingerprint density at radius 2 is 2.00 bits per heavy atom. The average molecular weight is 314 g/mol. The lowest BCUT2D eigenvalue weighted by Gasteiger charge is -2.08. The second-order valence-corrected chi connectivity index (χ2v) is 5.05. The van der Waals surface area contributed by atoms with Crippen LogP contribution in [0.2, 0.25) is 0 Å². The molecule has 0 aliphatic heterocycles. The van der Waals surface area contributed by atoms with E-state index in [9.17, 15) is 24.4 Å². The summed E-state index contributed by atoms with van der Waals surface area (Å²) in [6.07, 6.45) is 0. The van der Waals surface area contributed by atoms with Gasteiger partial charge in [0.15, 0.2) is 0 Å². The van der Waals surface area contributed by atoms with Gasteiger partial charge >= 0.3 is 5.97 Å². The molecular formula is C16H11FN2O4. The number of hydrogen-bond acceptors (Lipinski definition) is 3. The van der Waals surface area contributed by atoms with E-state index in [1.807, 2.05) is 0 Å². The van der Waals surface area contributed by atoms with Crippen molar-refractivity contribution >= 4 is 22.6 Å². The average Bonchev–Trinajstić information content (AvgIpc) is 2.85. The van der Waals surface area contributed by atoms with Crippen molar-refractivity contribution in [1.29, 1.82) is 0 Å². The molecule has 0 aliphatic rings. The summed E-state index contributed by atoms with van der Waals surface area (Å²) in [4.78, 5) is 21.8. The van der Waals surface area contributed by atoms with Crippen molar-refractivity contribution in [2.24, 2.45) is 0 Å². The molecule has 0 bridgehead atoms. The Hall–Kier alpha value is -3.22. The maximum atomic E-state index is 13.3. The Morgan fingerprint density at radius 3 is 2.70 bits per heavy atom. The van der Waals surface area contributed by atoms with Crippen LogP contribution < -0.4 is 0 Å². The number of nitro benzene ring substituents is 1. The van der Waals surface area contributed by atoms with Crippen LogP contribution in [-0.4, -0.2) is 20.6 Å². The zero-order valence-corrected chi connectivity index (χ0v) is 11.8. The second-order valence-electron chi connectivity index (χ2n) is 5.05. The first kappa shape index (κ1) is 14.7. The zero-order valence-electron chi connectivity index (χ0n) is 11.8. The molecule has 0 aliphatic carbocycles. The Balaban J connectivity index is 2.11. The van der Waals surface area contributed by atoms with Gasteiger partial charge in [-0.05, 0) is 29.8 Å². The van der Waals surface area contributed by atoms with Crippen LogP contribution in [0, 0.1) is 15.9 Å². The maximum absolute atomic E-state index is 13.3. The highest BCUT2D eigenvalue weighted by Gasteiger charge is 2.16. The molecule has 0 unspecified atom stereocenters. The van der Waals surface area contributed by atoms with Crippen molar-refractivity contribution < 1.29 is 19.2 Å². The SMILES string of the molecule is O=C(O)c1cc2cc(F)ccc2n1Cc1cccc([N+](=O)[O-])c1. The van der Waals surface area contributed by atoms with E-state index in [1.54, 1.807) is 12.1 Å². The van der Waals surface area contributed by atoms with E-state index in [1.165, 1.54) is 41.0 Å². The molecule has 3 rings (SSSR count). The summed E-state index contributed by atoms with van der Waals surface area (Å²) in [7, 11) is 0. The molecule has 2 aromatic carbocycles. The van der Waals surface area contributed by atoms with Crippen LogP contribution in [0.5, 0.6) is 0 Å². The lowest BCUT2D eigenvalue weighted by Crippen LogP contribution is -2.09. The molecule has 1 aromatic heterocycles. The first-order valence-corrected chi connectivity index (χ1v) is 6.71. The number of fused-ring (bicyclic) bond motifs is 1. The molecule has 6 nitrogen and oxygen atoms in total. The van der Waals surface area contributed by atoms with Gasteiger partial charge in [0, 0.05) is 29.6 Å². The third-order valence-corrected chi connectivity index (χ3v) is 3.54. The van der Waals surface area contributed by atoms with Crippen molar-refractivity contribution in [3.05, 3.63) is 75.7 Å². The molecule has 7 heteroatoms. The minimum absolute atomic E-state index is 0.00268. The number of halogens is 1. The molecule has 0 radical (unpaired) electrons. The summed E-state index contributed by atoms with van der Waals surface area (Å²) >= 11 is 0. The highest BCUT2D eigenvalue weighted by molar-refractivity contribution is 5.94. The van der Waals surface area contributed by atoms with E-state index < -0.39 is 16.7 Å².